The fourth-order valence-electron chi connectivity index (χ4n) is 1.22. The van der Waals surface area contributed by atoms with Crippen molar-refractivity contribution >= 4 is 15.9 Å². The number of amides is 1. The monoisotopic (exact) mass is 298 g/mol. The molecule has 1 N–H and O–H groups in total. The Morgan fingerprint density at radius 2 is 2.05 bits per heavy atom. The van der Waals surface area contributed by atoms with E-state index < -0.39 is 21.7 Å². The van der Waals surface area contributed by atoms with E-state index >= 15 is 0 Å². The molecule has 0 saturated carbocycles. The van der Waals surface area contributed by atoms with E-state index in [1.165, 1.54) is 19.2 Å². The van der Waals surface area contributed by atoms with Crippen LogP contribution in [0.25, 0.3) is 0 Å². The number of rotatable bonds is 4. The zero-order valence-corrected chi connectivity index (χ0v) is 12.0. The summed E-state index contributed by atoms with van der Waals surface area (Å²) in [5.74, 6) is 4.28. The van der Waals surface area contributed by atoms with Crippen molar-refractivity contribution in [1.82, 2.24) is 9.62 Å². The second-order valence-corrected chi connectivity index (χ2v) is 6.17. The van der Waals surface area contributed by atoms with Crippen molar-refractivity contribution in [3.8, 4) is 11.8 Å². The van der Waals surface area contributed by atoms with Crippen molar-refractivity contribution in [2.24, 2.45) is 0 Å². The molecule has 1 rings (SSSR count). The molecule has 0 bridgehead atoms. The number of hydrogen-bond donors (Lipinski definition) is 1. The molecule has 0 radical (unpaired) electrons. The van der Waals surface area contributed by atoms with Crippen LogP contribution in [0.3, 0.4) is 0 Å². The van der Waals surface area contributed by atoms with Crippen LogP contribution in [0.1, 0.15) is 5.56 Å². The van der Waals surface area contributed by atoms with Crippen molar-refractivity contribution < 1.29 is 17.6 Å². The highest BCUT2D eigenvalue weighted by atomic mass is 32.2. The molecule has 0 aliphatic rings. The van der Waals surface area contributed by atoms with Crippen molar-refractivity contribution in [2.75, 3.05) is 26.4 Å². The highest BCUT2D eigenvalue weighted by molar-refractivity contribution is 7.88. The van der Waals surface area contributed by atoms with Crippen LogP contribution < -0.4 is 5.32 Å². The highest BCUT2D eigenvalue weighted by Crippen LogP contribution is 2.03. The van der Waals surface area contributed by atoms with Crippen LogP contribution in [0, 0.1) is 17.7 Å². The van der Waals surface area contributed by atoms with Crippen molar-refractivity contribution in [3.63, 3.8) is 0 Å². The molecule has 7 heteroatoms. The molecule has 1 aromatic rings. The van der Waals surface area contributed by atoms with Gasteiger partial charge in [-0.15, -0.1) is 0 Å². The fourth-order valence-corrected chi connectivity index (χ4v) is 1.57. The lowest BCUT2D eigenvalue weighted by Crippen LogP contribution is -2.37. The third-order valence-electron chi connectivity index (χ3n) is 2.40. The van der Waals surface area contributed by atoms with Gasteiger partial charge in [-0.1, -0.05) is 24.0 Å². The normalized spacial score (nSPS) is 10.8. The molecule has 20 heavy (non-hydrogen) atoms. The standard InChI is InChI=1S/C13H15FN2O3S/c1-16(20(2,18)19)10-13(17)15-9-5-7-11-6-3-4-8-12(11)14/h3-4,6,8H,9-10H2,1-2H3,(H,15,17). The van der Waals surface area contributed by atoms with Gasteiger partial charge in [0.15, 0.2) is 0 Å². The number of nitrogens with one attached hydrogen (secondary N) is 1. The average Bonchev–Trinajstić information content (AvgIpc) is 2.35. The van der Waals surface area contributed by atoms with Crippen LogP contribution in [-0.4, -0.2) is 45.0 Å². The van der Waals surface area contributed by atoms with Gasteiger partial charge in [-0.2, -0.15) is 4.31 Å². The maximum absolute atomic E-state index is 13.2. The van der Waals surface area contributed by atoms with Gasteiger partial charge in [-0.25, -0.2) is 12.8 Å². The van der Waals surface area contributed by atoms with Crippen LogP contribution in [-0.2, 0) is 14.8 Å². The van der Waals surface area contributed by atoms with E-state index in [2.05, 4.69) is 17.2 Å². The topological polar surface area (TPSA) is 66.5 Å². The molecule has 0 atom stereocenters. The fraction of sp³-hybridized carbons (Fsp3) is 0.308. The summed E-state index contributed by atoms with van der Waals surface area (Å²) in [6.45, 7) is -0.259. The Morgan fingerprint density at radius 1 is 1.40 bits per heavy atom. The van der Waals surface area contributed by atoms with Gasteiger partial charge < -0.3 is 5.32 Å². The first-order valence-electron chi connectivity index (χ1n) is 5.72. The Kier molecular flexibility index (Phi) is 5.67. The summed E-state index contributed by atoms with van der Waals surface area (Å²) in [7, 11) is -2.08. The lowest BCUT2D eigenvalue weighted by Gasteiger charge is -2.12. The first kappa shape index (κ1) is 16.1. The smallest absolute Gasteiger partial charge is 0.236 e. The molecule has 0 saturated heterocycles. The predicted octanol–water partition coefficient (Wildman–Crippen LogP) is 0.185. The summed E-state index contributed by atoms with van der Waals surface area (Å²) in [4.78, 5) is 11.4. The van der Waals surface area contributed by atoms with E-state index in [1.54, 1.807) is 12.1 Å². The molecule has 0 unspecified atom stereocenters. The number of sulfonamides is 1. The summed E-state index contributed by atoms with van der Waals surface area (Å²) >= 11 is 0. The van der Waals surface area contributed by atoms with Gasteiger partial charge in [0.2, 0.25) is 15.9 Å². The molecular formula is C13H15FN2O3S. The third kappa shape index (κ3) is 5.38. The van der Waals surface area contributed by atoms with Crippen LogP contribution >= 0.6 is 0 Å². The number of carbonyl (C=O) groups excluding carboxylic acids is 1. The number of nitrogens with zero attached hydrogens (tertiary/aromatic N) is 1. The lowest BCUT2D eigenvalue weighted by atomic mass is 10.2. The molecule has 0 aromatic heterocycles. The van der Waals surface area contributed by atoms with Gasteiger partial charge in [0.25, 0.3) is 0 Å². The minimum absolute atomic E-state index is 0.0186. The van der Waals surface area contributed by atoms with E-state index in [1.807, 2.05) is 0 Å². The van der Waals surface area contributed by atoms with Gasteiger partial charge in [0, 0.05) is 7.05 Å². The zero-order chi connectivity index (χ0) is 15.2. The molecule has 0 heterocycles. The molecule has 1 aromatic carbocycles. The molecular weight excluding hydrogens is 283 g/mol. The van der Waals surface area contributed by atoms with Crippen molar-refractivity contribution in [2.45, 2.75) is 0 Å². The Labute approximate surface area is 117 Å². The van der Waals surface area contributed by atoms with E-state index in [-0.39, 0.29) is 18.7 Å². The molecule has 108 valence electrons. The number of benzene rings is 1. The maximum atomic E-state index is 13.2. The van der Waals surface area contributed by atoms with Gasteiger partial charge >= 0.3 is 0 Å². The van der Waals surface area contributed by atoms with Gasteiger partial charge in [-0.3, -0.25) is 4.79 Å². The second kappa shape index (κ2) is 7.03. The Morgan fingerprint density at radius 3 is 2.65 bits per heavy atom. The molecule has 5 nitrogen and oxygen atoms in total. The predicted molar refractivity (Wildman–Crippen MR) is 73.8 cm³/mol. The number of carbonyl (C=O) groups is 1. The zero-order valence-electron chi connectivity index (χ0n) is 11.2. The SMILES string of the molecule is CN(CC(=O)NCC#Cc1ccccc1F)S(C)(=O)=O. The average molecular weight is 298 g/mol. The lowest BCUT2D eigenvalue weighted by molar-refractivity contribution is -0.120. The van der Waals surface area contributed by atoms with Gasteiger partial charge in [-0.05, 0) is 12.1 Å². The summed E-state index contributed by atoms with van der Waals surface area (Å²) in [5.41, 5.74) is 0.245. The summed E-state index contributed by atoms with van der Waals surface area (Å²) in [6, 6.07) is 6.04. The second-order valence-electron chi connectivity index (χ2n) is 4.08. The molecule has 1 amide bonds. The van der Waals surface area contributed by atoms with Crippen LogP contribution in [0.2, 0.25) is 0 Å². The third-order valence-corrected chi connectivity index (χ3v) is 3.66. The van der Waals surface area contributed by atoms with Crippen LogP contribution in [0.15, 0.2) is 24.3 Å². The maximum Gasteiger partial charge on any atom is 0.236 e. The van der Waals surface area contributed by atoms with Crippen LogP contribution in [0.4, 0.5) is 4.39 Å². The summed E-state index contributed by atoms with van der Waals surface area (Å²) in [5, 5.41) is 2.43. The molecule has 0 fully saturated rings. The Hall–Kier alpha value is -1.91. The quantitative estimate of drug-likeness (QED) is 0.807. The van der Waals surface area contributed by atoms with Crippen molar-refractivity contribution in [1.29, 1.82) is 0 Å². The molecule has 0 spiro atoms. The number of halogens is 1. The molecule has 0 aliphatic heterocycles. The van der Waals surface area contributed by atoms with Crippen molar-refractivity contribution in [3.05, 3.63) is 35.6 Å². The highest BCUT2D eigenvalue weighted by Gasteiger charge is 2.14. The van der Waals surface area contributed by atoms with E-state index in [4.69, 9.17) is 0 Å². The number of hydrogen-bond acceptors (Lipinski definition) is 3. The van der Waals surface area contributed by atoms with Gasteiger partial charge in [0.05, 0.1) is 24.9 Å². The van der Waals surface area contributed by atoms with E-state index in [9.17, 15) is 17.6 Å². The Bertz CT molecular complexity index is 647. The minimum atomic E-state index is -3.39. The Balaban J connectivity index is 2.46. The minimum Gasteiger partial charge on any atom is -0.344 e. The summed E-state index contributed by atoms with van der Waals surface area (Å²) in [6.07, 6.45) is 1.01. The number of likely N-dealkylation sites (N-methyl/N-ethyl adjacent to an activating group) is 1. The largest absolute Gasteiger partial charge is 0.344 e. The van der Waals surface area contributed by atoms with E-state index in [0.717, 1.165) is 10.6 Å². The first-order chi connectivity index (χ1) is 9.30. The van der Waals surface area contributed by atoms with Gasteiger partial charge in [0.1, 0.15) is 5.82 Å². The molecule has 0 aliphatic carbocycles. The summed E-state index contributed by atoms with van der Waals surface area (Å²) < 4.78 is 36.3. The first-order valence-corrected chi connectivity index (χ1v) is 7.57. The van der Waals surface area contributed by atoms with E-state index in [0.29, 0.717) is 0 Å². The van der Waals surface area contributed by atoms with Crippen LogP contribution in [0.5, 0.6) is 0 Å².